The van der Waals surface area contributed by atoms with Crippen LogP contribution in [0.25, 0.3) is 32.6 Å². The molecule has 0 spiro atoms. The highest BCUT2D eigenvalue weighted by Gasteiger charge is 2.51. The molecule has 0 aromatic heterocycles. The van der Waals surface area contributed by atoms with Gasteiger partial charge in [0.25, 0.3) is 0 Å². The Labute approximate surface area is 393 Å². The van der Waals surface area contributed by atoms with Gasteiger partial charge < -0.3 is 0 Å². The molecule has 336 valence electrons. The molecule has 0 N–H and O–H groups in total. The fraction of sp³-hybridized carbons (Fsp3) is 0.562. The monoisotopic (exact) mass is 873 g/mol. The number of allylic oxidation sites excluding steroid dienone is 2. The Bertz CT molecular complexity index is 2350. The zero-order valence-corrected chi connectivity index (χ0v) is 41.1. The molecule has 12 aliphatic rings. The van der Waals surface area contributed by atoms with Gasteiger partial charge in [-0.25, -0.2) is 0 Å². The minimum absolute atomic E-state index is 0.742. The molecule has 4 aromatic rings. The third kappa shape index (κ3) is 6.67. The van der Waals surface area contributed by atoms with Gasteiger partial charge in [0.2, 0.25) is 0 Å². The van der Waals surface area contributed by atoms with E-state index in [1.54, 1.807) is 55.6 Å². The molecule has 16 rings (SSSR count). The Kier molecular flexibility index (Phi) is 9.89. The molecule has 0 unspecified atom stereocenters. The minimum atomic E-state index is -2.34. The third-order valence-electron chi connectivity index (χ3n) is 21.3. The summed E-state index contributed by atoms with van der Waals surface area (Å²) in [5.74, 6) is 10.8. The van der Waals surface area contributed by atoms with Crippen LogP contribution in [0.15, 0.2) is 96.1 Å². The first-order chi connectivity index (χ1) is 31.9. The molecule has 0 atom stereocenters. The molecule has 0 aliphatic heterocycles. The van der Waals surface area contributed by atoms with E-state index in [1.165, 1.54) is 141 Å². The maximum atomic E-state index is 2.88. The van der Waals surface area contributed by atoms with Crippen LogP contribution in [-0.4, -0.2) is 8.07 Å². The average molecular weight is 873 g/mol. The van der Waals surface area contributed by atoms with Crippen LogP contribution in [0.3, 0.4) is 0 Å². The summed E-state index contributed by atoms with van der Waals surface area (Å²) in [5.41, 5.74) is 20.3. The van der Waals surface area contributed by atoms with E-state index in [4.69, 9.17) is 0 Å². The lowest BCUT2D eigenvalue weighted by molar-refractivity contribution is -0.00266. The molecule has 1 heteroatoms. The van der Waals surface area contributed by atoms with Gasteiger partial charge in [-0.05, 0) is 227 Å². The minimum Gasteiger partial charge on any atom is -0.0652 e. The molecule has 0 amide bonds. The summed E-state index contributed by atoms with van der Waals surface area (Å²) in [4.78, 5) is 0. The van der Waals surface area contributed by atoms with Crippen LogP contribution < -0.4 is 0 Å². The summed E-state index contributed by atoms with van der Waals surface area (Å²) in [6.45, 7) is 5.76. The highest BCUT2D eigenvalue weighted by atomic mass is 28.3. The van der Waals surface area contributed by atoms with Crippen molar-refractivity contribution in [2.75, 3.05) is 0 Å². The van der Waals surface area contributed by atoms with Crippen molar-refractivity contribution in [2.45, 2.75) is 166 Å². The molecule has 12 aliphatic carbocycles. The van der Waals surface area contributed by atoms with Crippen LogP contribution in [0.4, 0.5) is 0 Å². The predicted octanol–water partition coefficient (Wildman–Crippen LogP) is 17.4. The average Bonchev–Trinajstić information content (AvgIpc) is 4.14. The summed E-state index contributed by atoms with van der Waals surface area (Å²) >= 11 is 0. The van der Waals surface area contributed by atoms with Crippen LogP contribution in [0.2, 0.25) is 13.1 Å². The first-order valence-corrected chi connectivity index (χ1v) is 30.8. The predicted molar refractivity (Wildman–Crippen MR) is 275 cm³/mol. The lowest BCUT2D eigenvalue weighted by Gasteiger charge is -2.55. The molecule has 0 heterocycles. The van der Waals surface area contributed by atoms with Gasteiger partial charge in [-0.1, -0.05) is 161 Å². The van der Waals surface area contributed by atoms with Gasteiger partial charge in [0.05, 0.1) is 0 Å². The van der Waals surface area contributed by atoms with E-state index >= 15 is 0 Å². The van der Waals surface area contributed by atoms with Crippen molar-refractivity contribution in [1.29, 1.82) is 0 Å². The van der Waals surface area contributed by atoms with E-state index in [0.29, 0.717) is 0 Å². The van der Waals surface area contributed by atoms with Gasteiger partial charge in [-0.15, -0.1) is 0 Å². The number of fused-ring (bicyclic) bond motifs is 2. The van der Waals surface area contributed by atoms with Gasteiger partial charge in [-0.3, -0.25) is 0 Å². The van der Waals surface area contributed by atoms with Gasteiger partial charge in [0, 0.05) is 0 Å². The van der Waals surface area contributed by atoms with Crippen molar-refractivity contribution in [3.8, 4) is 22.3 Å². The summed E-state index contributed by atoms with van der Waals surface area (Å²) in [7, 11) is -2.34. The molecule has 10 fully saturated rings. The van der Waals surface area contributed by atoms with Crippen LogP contribution in [0, 0.1) is 59.2 Å². The summed E-state index contributed by atoms with van der Waals surface area (Å²) in [5, 5.41) is 3.76. The van der Waals surface area contributed by atoms with Crippen molar-refractivity contribution in [2.24, 2.45) is 59.2 Å². The van der Waals surface area contributed by atoms with Crippen molar-refractivity contribution in [3.05, 3.63) is 129 Å². The fourth-order valence-electron chi connectivity index (χ4n) is 19.6. The Morgan fingerprint density at radius 2 is 0.754 bits per heavy atom. The van der Waals surface area contributed by atoms with E-state index in [2.05, 4.69) is 98.0 Å². The maximum Gasteiger partial charge on any atom is 0.113 e. The summed E-state index contributed by atoms with van der Waals surface area (Å²) < 4.78 is 0. The summed E-state index contributed by atoms with van der Waals surface area (Å²) in [6.07, 6.45) is 31.4. The van der Waals surface area contributed by atoms with Gasteiger partial charge in [-0.2, -0.15) is 0 Å². The van der Waals surface area contributed by atoms with Gasteiger partial charge in [0.1, 0.15) is 8.07 Å². The molecule has 0 saturated heterocycles. The molecule has 10 saturated carbocycles. The van der Waals surface area contributed by atoms with Crippen molar-refractivity contribution < 1.29 is 0 Å². The quantitative estimate of drug-likeness (QED) is 0.139. The highest BCUT2D eigenvalue weighted by Crippen LogP contribution is 2.64. The maximum absolute atomic E-state index is 2.88. The number of benzene rings is 4. The number of hydrogen-bond donors (Lipinski definition) is 0. The van der Waals surface area contributed by atoms with Crippen molar-refractivity contribution >= 4 is 18.5 Å². The SMILES string of the molecule is C[Si](C)(C1=C(CC2CCCC2)Cc2cccc(-c3ccccc3C3C4CC5CC(C4)CC3C5)c21)C1=C(CC2CCCC2)Cc2cccc(-c3ccccc3C3C4CC5CC(C4)CC3C5)c21. The smallest absolute Gasteiger partial charge is 0.0652 e. The zero-order chi connectivity index (χ0) is 43.0. The standard InChI is InChI=1S/C64H76Si/c1-65(2,63-51(27-39-13-3-4-14-39)37-45-17-11-23-57(61(45)63)53-19-7-9-21-55(53)59-47-29-41-25-42(31-47)32-48(59)30-41)64-52(28-40-15-5-6-16-40)38-46-18-12-24-58(62(46)64)54-20-8-10-22-56(54)60-49-33-43-26-44(35-49)36-50(60)34-43/h7-12,17-24,39-44,47-50,59-60H,3-6,13-16,25-38H2,1-2H3. The van der Waals surface area contributed by atoms with E-state index in [1.807, 2.05) is 21.5 Å². The Balaban J connectivity index is 0.941. The number of rotatable bonds is 10. The topological polar surface area (TPSA) is 0 Å². The Morgan fingerprint density at radius 1 is 0.400 bits per heavy atom. The first-order valence-electron chi connectivity index (χ1n) is 27.8. The number of hydrogen-bond acceptors (Lipinski definition) is 0. The molecule has 8 bridgehead atoms. The Morgan fingerprint density at radius 3 is 1.14 bits per heavy atom. The molecule has 0 radical (unpaired) electrons. The molecule has 4 aromatic carbocycles. The second-order valence-electron chi connectivity index (χ2n) is 25.4. The van der Waals surface area contributed by atoms with Crippen molar-refractivity contribution in [1.82, 2.24) is 0 Å². The van der Waals surface area contributed by atoms with Gasteiger partial charge >= 0.3 is 0 Å². The van der Waals surface area contributed by atoms with Crippen LogP contribution in [0.1, 0.15) is 174 Å². The highest BCUT2D eigenvalue weighted by molar-refractivity contribution is 7.09. The molecular formula is C64H76Si. The lowest BCUT2D eigenvalue weighted by atomic mass is 9.50. The third-order valence-corrected chi connectivity index (χ3v) is 25.0. The fourth-order valence-corrected chi connectivity index (χ4v) is 23.8. The van der Waals surface area contributed by atoms with E-state index < -0.39 is 8.07 Å². The van der Waals surface area contributed by atoms with Crippen LogP contribution in [0.5, 0.6) is 0 Å². The zero-order valence-electron chi connectivity index (χ0n) is 40.1. The van der Waals surface area contributed by atoms with E-state index in [-0.39, 0.29) is 0 Å². The molecular weight excluding hydrogens is 797 g/mol. The van der Waals surface area contributed by atoms with Crippen molar-refractivity contribution in [3.63, 3.8) is 0 Å². The van der Waals surface area contributed by atoms with Crippen LogP contribution in [-0.2, 0) is 12.8 Å². The second kappa shape index (κ2) is 15.8. The molecule has 0 nitrogen and oxygen atoms in total. The van der Waals surface area contributed by atoms with E-state index in [0.717, 1.165) is 71.0 Å². The van der Waals surface area contributed by atoms with Gasteiger partial charge in [0.15, 0.2) is 0 Å². The normalized spacial score (nSPS) is 33.6. The van der Waals surface area contributed by atoms with E-state index in [9.17, 15) is 0 Å². The second-order valence-corrected chi connectivity index (χ2v) is 29.7. The lowest BCUT2D eigenvalue weighted by Crippen LogP contribution is -2.43. The first kappa shape index (κ1) is 40.6. The molecule has 65 heavy (non-hydrogen) atoms. The largest absolute Gasteiger partial charge is 0.113 e. The van der Waals surface area contributed by atoms with Crippen LogP contribution >= 0.6 is 0 Å². The Hall–Kier alpha value is -3.42. The summed E-state index contributed by atoms with van der Waals surface area (Å²) in [6, 6.07) is 35.4.